The topological polar surface area (TPSA) is 163 Å². The number of hydrogen-bond acceptors (Lipinski definition) is 8. The minimum atomic E-state index is -1.19. The maximum Gasteiger partial charge on any atom is 0.161 e. The van der Waals surface area contributed by atoms with Crippen molar-refractivity contribution in [3.8, 4) is 23.3 Å². The van der Waals surface area contributed by atoms with Crippen molar-refractivity contribution in [2.75, 3.05) is 5.73 Å². The Hall–Kier alpha value is -3.55. The summed E-state index contributed by atoms with van der Waals surface area (Å²) in [7, 11) is 0. The van der Waals surface area contributed by atoms with Gasteiger partial charge in [-0.15, -0.1) is 5.92 Å². The van der Waals surface area contributed by atoms with E-state index in [0.717, 1.165) is 68.2 Å². The summed E-state index contributed by atoms with van der Waals surface area (Å²) in [6.07, 6.45) is 10.2. The molecule has 0 radical (unpaired) electrons. The van der Waals surface area contributed by atoms with Gasteiger partial charge in [-0.05, 0) is 105 Å². The molecule has 2 fully saturated rings. The zero-order valence-corrected chi connectivity index (χ0v) is 29.9. The van der Waals surface area contributed by atoms with Gasteiger partial charge in [0.2, 0.25) is 0 Å². The molecule has 9 unspecified atom stereocenters. The van der Waals surface area contributed by atoms with Gasteiger partial charge in [0.25, 0.3) is 0 Å². The Morgan fingerprint density at radius 3 is 2.53 bits per heavy atom. The molecule has 9 atom stereocenters. The largest absolute Gasteiger partial charge is 0.667 e. The molecule has 0 aliphatic heterocycles. The standard InChI is InChI=1S/C42H56N3O6/c1-2-27-9-3-4-12-32(46)30(11-7-10-27)33(47)17-14-28-15-18-34(48)36(25-28)51-41-31(16-19-35(49)40(41)50)39(29-20-24-45-38(43)26-29)42(21-5-6-22-42)37-13-8-23-44-37/h8,13,15,18,20,23-27,30-33,35,39-41,46-50H,2-6,9,11-12,14,16-17,19,21-22H2,1H3,(H2,43,45)/q-1. The van der Waals surface area contributed by atoms with Crippen molar-refractivity contribution in [1.29, 1.82) is 0 Å². The molecule has 0 bridgehead atoms. The first-order valence-corrected chi connectivity index (χ1v) is 19.2. The van der Waals surface area contributed by atoms with E-state index in [9.17, 15) is 25.5 Å². The molecule has 0 saturated heterocycles. The Kier molecular flexibility index (Phi) is 12.3. The highest BCUT2D eigenvalue weighted by Gasteiger charge is 2.51. The molecular weight excluding hydrogens is 642 g/mol. The first kappa shape index (κ1) is 37.2. The van der Waals surface area contributed by atoms with Gasteiger partial charge in [-0.3, -0.25) is 0 Å². The van der Waals surface area contributed by atoms with E-state index in [-0.39, 0.29) is 34.7 Å². The van der Waals surface area contributed by atoms with Gasteiger partial charge in [0, 0.05) is 30.4 Å². The lowest BCUT2D eigenvalue weighted by molar-refractivity contribution is -0.109. The molecular formula is C42H56N3O6-. The van der Waals surface area contributed by atoms with Gasteiger partial charge in [0.05, 0.1) is 18.3 Å². The first-order chi connectivity index (χ1) is 24.7. The molecule has 2 heterocycles. The Morgan fingerprint density at radius 2 is 1.78 bits per heavy atom. The normalized spacial score (nSPS) is 29.4. The summed E-state index contributed by atoms with van der Waals surface area (Å²) in [4.78, 5) is 9.09. The molecule has 7 N–H and O–H groups in total. The average Bonchev–Trinajstić information content (AvgIpc) is 3.85. The fourth-order valence-electron chi connectivity index (χ4n) is 9.32. The number of aliphatic hydroxyl groups is 4. The van der Waals surface area contributed by atoms with Crippen LogP contribution in [0.5, 0.6) is 11.5 Å². The van der Waals surface area contributed by atoms with Crippen LogP contribution in [-0.2, 0) is 11.8 Å². The van der Waals surface area contributed by atoms with Crippen molar-refractivity contribution in [3.63, 3.8) is 0 Å². The van der Waals surface area contributed by atoms with Crippen LogP contribution in [0.3, 0.4) is 0 Å². The van der Waals surface area contributed by atoms with Crippen LogP contribution in [-0.4, -0.2) is 61.0 Å². The number of aliphatic hydroxyl groups excluding tert-OH is 4. The quantitative estimate of drug-likeness (QED) is 0.137. The van der Waals surface area contributed by atoms with Crippen LogP contribution >= 0.6 is 0 Å². The molecule has 3 aromatic rings. The maximum atomic E-state index is 11.6. The van der Waals surface area contributed by atoms with Gasteiger partial charge in [-0.1, -0.05) is 56.7 Å². The second-order valence-corrected chi connectivity index (χ2v) is 15.3. The van der Waals surface area contributed by atoms with E-state index in [1.165, 1.54) is 0 Å². The number of hydrogen-bond donors (Lipinski definition) is 6. The molecule has 2 saturated carbocycles. The van der Waals surface area contributed by atoms with Gasteiger partial charge in [0.15, 0.2) is 11.5 Å². The lowest BCUT2D eigenvalue weighted by Crippen LogP contribution is -2.54. The van der Waals surface area contributed by atoms with E-state index in [2.05, 4.69) is 29.8 Å². The minimum Gasteiger partial charge on any atom is -0.667 e. The SMILES string of the molecule is CCC1C#CCC(C(O)CCc2ccc(O)c(OC3C(O)C(O)CCC3C(c3ccnc(N)c3)C3(c4ccc[n-]4)CCCC3)c2)C(O)CCCC1. The summed E-state index contributed by atoms with van der Waals surface area (Å²) in [6, 6.07) is 13.1. The smallest absolute Gasteiger partial charge is 0.161 e. The summed E-state index contributed by atoms with van der Waals surface area (Å²) in [6.45, 7) is 2.16. The van der Waals surface area contributed by atoms with E-state index in [1.807, 2.05) is 30.5 Å². The molecule has 9 heteroatoms. The zero-order valence-electron chi connectivity index (χ0n) is 29.9. The molecule has 276 valence electrons. The highest BCUT2D eigenvalue weighted by Crippen LogP contribution is 2.56. The summed E-state index contributed by atoms with van der Waals surface area (Å²) in [5.41, 5.74) is 8.79. The number of anilines is 1. The molecule has 3 aliphatic rings. The number of aryl methyl sites for hydroxylation is 1. The molecule has 0 amide bonds. The number of pyridine rings is 1. The number of aromatic nitrogens is 2. The number of ether oxygens (including phenoxy) is 1. The van der Waals surface area contributed by atoms with Crippen molar-refractivity contribution in [3.05, 3.63) is 71.7 Å². The molecule has 51 heavy (non-hydrogen) atoms. The van der Waals surface area contributed by atoms with E-state index >= 15 is 0 Å². The Bertz CT molecular complexity index is 1610. The Morgan fingerprint density at radius 1 is 0.980 bits per heavy atom. The fraction of sp³-hybridized carbons (Fsp3) is 0.595. The molecule has 6 rings (SSSR count). The third-order valence-electron chi connectivity index (χ3n) is 12.1. The number of phenols is 1. The van der Waals surface area contributed by atoms with Crippen LogP contribution in [0.4, 0.5) is 5.82 Å². The van der Waals surface area contributed by atoms with Crippen LogP contribution in [0.15, 0.2) is 54.9 Å². The number of phenolic OH excluding ortho intramolecular Hbond substituents is 1. The number of nitrogens with two attached hydrogens (primary N) is 1. The van der Waals surface area contributed by atoms with Crippen LogP contribution in [0.25, 0.3) is 0 Å². The summed E-state index contributed by atoms with van der Waals surface area (Å²) < 4.78 is 6.65. The van der Waals surface area contributed by atoms with Crippen LogP contribution in [0.2, 0.25) is 0 Å². The van der Waals surface area contributed by atoms with E-state index in [1.54, 1.807) is 18.3 Å². The number of nitrogens with zero attached hydrogens (tertiary/aromatic N) is 2. The maximum absolute atomic E-state index is 11.6. The van der Waals surface area contributed by atoms with Crippen molar-refractivity contribution < 1.29 is 30.3 Å². The molecule has 9 nitrogen and oxygen atoms in total. The van der Waals surface area contributed by atoms with Crippen LogP contribution in [0.1, 0.15) is 113 Å². The Balaban J connectivity index is 1.26. The minimum absolute atomic E-state index is 0.0631. The second kappa shape index (κ2) is 16.9. The van der Waals surface area contributed by atoms with Gasteiger partial charge in [-0.2, -0.15) is 11.9 Å². The van der Waals surface area contributed by atoms with Crippen LogP contribution in [0, 0.1) is 29.6 Å². The first-order valence-electron chi connectivity index (χ1n) is 19.2. The van der Waals surface area contributed by atoms with E-state index < -0.39 is 30.5 Å². The van der Waals surface area contributed by atoms with Gasteiger partial charge in [-0.25, -0.2) is 4.98 Å². The average molecular weight is 699 g/mol. The van der Waals surface area contributed by atoms with E-state index in [0.29, 0.717) is 50.3 Å². The predicted molar refractivity (Wildman–Crippen MR) is 197 cm³/mol. The third-order valence-corrected chi connectivity index (χ3v) is 12.1. The molecule has 0 spiro atoms. The molecule has 1 aromatic carbocycles. The third kappa shape index (κ3) is 8.41. The van der Waals surface area contributed by atoms with Gasteiger partial charge < -0.3 is 41.0 Å². The van der Waals surface area contributed by atoms with Crippen molar-refractivity contribution in [2.24, 2.45) is 17.8 Å². The summed E-state index contributed by atoms with van der Waals surface area (Å²) >= 11 is 0. The lowest BCUT2D eigenvalue weighted by atomic mass is 9.59. The van der Waals surface area contributed by atoms with E-state index in [4.69, 9.17) is 15.5 Å². The predicted octanol–water partition coefficient (Wildman–Crippen LogP) is 5.77. The van der Waals surface area contributed by atoms with Crippen molar-refractivity contribution in [1.82, 2.24) is 9.97 Å². The van der Waals surface area contributed by atoms with Gasteiger partial charge in [0.1, 0.15) is 18.0 Å². The number of nitrogen functional groups attached to an aromatic ring is 1. The monoisotopic (exact) mass is 698 g/mol. The lowest BCUT2D eigenvalue weighted by Gasteiger charge is -2.50. The molecule has 3 aliphatic carbocycles. The number of aromatic hydroxyl groups is 1. The van der Waals surface area contributed by atoms with Gasteiger partial charge >= 0.3 is 0 Å². The highest BCUT2D eigenvalue weighted by atomic mass is 16.5. The highest BCUT2D eigenvalue weighted by molar-refractivity contribution is 5.43. The van der Waals surface area contributed by atoms with Crippen molar-refractivity contribution in [2.45, 2.75) is 139 Å². The molecule has 2 aromatic heterocycles. The number of rotatable bonds is 11. The van der Waals surface area contributed by atoms with Crippen LogP contribution < -0.4 is 15.5 Å². The zero-order chi connectivity index (χ0) is 36.0. The fourth-order valence-corrected chi connectivity index (χ4v) is 9.32. The summed E-state index contributed by atoms with van der Waals surface area (Å²) in [5.74, 6) is 6.84. The van der Waals surface area contributed by atoms with Crippen molar-refractivity contribution >= 4 is 5.82 Å². The number of benzene rings is 1. The summed E-state index contributed by atoms with van der Waals surface area (Å²) in [5, 5.41) is 55.9. The second-order valence-electron chi connectivity index (χ2n) is 15.3. The Labute approximate surface area is 302 Å².